The number of carbonyl (C=O) groups excluding carboxylic acids is 1. The first kappa shape index (κ1) is 14.6. The first-order chi connectivity index (χ1) is 9.40. The van der Waals surface area contributed by atoms with Crippen molar-refractivity contribution in [3.8, 4) is 5.75 Å². The summed E-state index contributed by atoms with van der Waals surface area (Å²) in [6.45, 7) is 1.32. The zero-order chi connectivity index (χ0) is 14.8. The zero-order valence-electron chi connectivity index (χ0n) is 10.9. The highest BCUT2D eigenvalue weighted by Gasteiger charge is 2.31. The number of alkyl halides is 3. The van der Waals surface area contributed by atoms with E-state index in [1.165, 1.54) is 12.1 Å². The number of hydrogen-bond acceptors (Lipinski definition) is 3. The van der Waals surface area contributed by atoms with E-state index in [1.807, 2.05) is 6.92 Å². The van der Waals surface area contributed by atoms with Gasteiger partial charge in [-0.2, -0.15) is 13.2 Å². The molecule has 0 saturated heterocycles. The number of rotatable bonds is 5. The summed E-state index contributed by atoms with van der Waals surface area (Å²) in [5.74, 6) is -0.126. The maximum atomic E-state index is 12.1. The Kier molecular flexibility index (Phi) is 4.17. The number of amides is 1. The Balaban J connectivity index is 2.09. The average Bonchev–Trinajstić information content (AvgIpc) is 2.68. The molecule has 0 saturated carbocycles. The van der Waals surface area contributed by atoms with Crippen LogP contribution in [0.3, 0.4) is 0 Å². The predicted octanol–water partition coefficient (Wildman–Crippen LogP) is 2.62. The zero-order valence-corrected chi connectivity index (χ0v) is 10.9. The van der Waals surface area contributed by atoms with Crippen molar-refractivity contribution in [2.45, 2.75) is 25.6 Å². The summed E-state index contributed by atoms with van der Waals surface area (Å²) in [5, 5.41) is 5.71. The Bertz CT molecular complexity index is 503. The van der Waals surface area contributed by atoms with Crippen molar-refractivity contribution >= 4 is 11.6 Å². The standard InChI is InChI=1S/C13H15F3N2O2/c1-2-5-17-11-9-4-3-8(20-7-13(14,15)16)6-10(9)18-12(11)19/h3-4,6,11,17H,2,5,7H2,1H3,(H,18,19). The van der Waals surface area contributed by atoms with Gasteiger partial charge in [-0.25, -0.2) is 0 Å². The minimum Gasteiger partial charge on any atom is -0.484 e. The van der Waals surface area contributed by atoms with Crippen LogP contribution in [0.5, 0.6) is 5.75 Å². The molecular formula is C13H15F3N2O2. The summed E-state index contributed by atoms with van der Waals surface area (Å²) in [7, 11) is 0. The largest absolute Gasteiger partial charge is 0.484 e. The van der Waals surface area contributed by atoms with Crippen LogP contribution in [0.4, 0.5) is 18.9 Å². The number of anilines is 1. The van der Waals surface area contributed by atoms with Gasteiger partial charge in [0.25, 0.3) is 0 Å². The lowest BCUT2D eigenvalue weighted by atomic mass is 10.1. The molecule has 20 heavy (non-hydrogen) atoms. The molecule has 1 aromatic carbocycles. The van der Waals surface area contributed by atoms with E-state index < -0.39 is 18.8 Å². The fourth-order valence-corrected chi connectivity index (χ4v) is 1.99. The summed E-state index contributed by atoms with van der Waals surface area (Å²) >= 11 is 0. The molecule has 0 aliphatic carbocycles. The predicted molar refractivity (Wildman–Crippen MR) is 67.7 cm³/mol. The third-order valence-electron chi connectivity index (χ3n) is 2.86. The smallest absolute Gasteiger partial charge is 0.422 e. The van der Waals surface area contributed by atoms with Crippen molar-refractivity contribution in [2.24, 2.45) is 0 Å². The van der Waals surface area contributed by atoms with Crippen molar-refractivity contribution in [3.05, 3.63) is 23.8 Å². The molecule has 1 amide bonds. The Labute approximate surface area is 114 Å². The van der Waals surface area contributed by atoms with Gasteiger partial charge < -0.3 is 15.4 Å². The lowest BCUT2D eigenvalue weighted by molar-refractivity contribution is -0.153. The van der Waals surface area contributed by atoms with Gasteiger partial charge in [-0.05, 0) is 19.0 Å². The number of halogens is 3. The molecule has 0 radical (unpaired) electrons. The van der Waals surface area contributed by atoms with Crippen LogP contribution >= 0.6 is 0 Å². The van der Waals surface area contributed by atoms with Gasteiger partial charge in [-0.1, -0.05) is 13.0 Å². The van der Waals surface area contributed by atoms with Crippen molar-refractivity contribution in [1.29, 1.82) is 0 Å². The van der Waals surface area contributed by atoms with Crippen LogP contribution in [0.15, 0.2) is 18.2 Å². The summed E-state index contributed by atoms with van der Waals surface area (Å²) in [6.07, 6.45) is -3.50. The van der Waals surface area contributed by atoms with E-state index in [0.717, 1.165) is 12.0 Å². The molecule has 2 rings (SSSR count). The number of carbonyl (C=O) groups is 1. The molecular weight excluding hydrogens is 273 g/mol. The van der Waals surface area contributed by atoms with Gasteiger partial charge in [-0.3, -0.25) is 4.79 Å². The molecule has 2 N–H and O–H groups in total. The molecule has 110 valence electrons. The van der Waals surface area contributed by atoms with Gasteiger partial charge >= 0.3 is 6.18 Å². The van der Waals surface area contributed by atoms with Crippen LogP contribution < -0.4 is 15.4 Å². The second-order valence-electron chi connectivity index (χ2n) is 4.53. The molecule has 4 nitrogen and oxygen atoms in total. The topological polar surface area (TPSA) is 50.4 Å². The fourth-order valence-electron chi connectivity index (χ4n) is 1.99. The van der Waals surface area contributed by atoms with Crippen LogP contribution in [0.1, 0.15) is 24.9 Å². The molecule has 0 bridgehead atoms. The number of nitrogens with one attached hydrogen (secondary N) is 2. The highest BCUT2D eigenvalue weighted by Crippen LogP contribution is 2.34. The Morgan fingerprint density at radius 3 is 2.80 bits per heavy atom. The van der Waals surface area contributed by atoms with Crippen molar-refractivity contribution in [1.82, 2.24) is 5.32 Å². The van der Waals surface area contributed by atoms with Crippen LogP contribution in [0.2, 0.25) is 0 Å². The number of benzene rings is 1. The monoisotopic (exact) mass is 288 g/mol. The fraction of sp³-hybridized carbons (Fsp3) is 0.462. The summed E-state index contributed by atoms with van der Waals surface area (Å²) < 4.78 is 40.9. The van der Waals surface area contributed by atoms with Gasteiger partial charge in [0.15, 0.2) is 6.61 Å². The van der Waals surface area contributed by atoms with E-state index in [4.69, 9.17) is 0 Å². The highest BCUT2D eigenvalue weighted by molar-refractivity contribution is 6.02. The van der Waals surface area contributed by atoms with Crippen LogP contribution in [-0.2, 0) is 4.79 Å². The Morgan fingerprint density at radius 2 is 2.15 bits per heavy atom. The molecule has 1 aliphatic rings. The summed E-state index contributed by atoms with van der Waals surface area (Å²) in [6, 6.07) is 3.99. The molecule has 1 heterocycles. The normalized spacial score (nSPS) is 17.8. The van der Waals surface area contributed by atoms with E-state index in [9.17, 15) is 18.0 Å². The third kappa shape index (κ3) is 3.41. The van der Waals surface area contributed by atoms with E-state index in [-0.39, 0.29) is 11.7 Å². The lowest BCUT2D eigenvalue weighted by Crippen LogP contribution is -2.27. The highest BCUT2D eigenvalue weighted by atomic mass is 19.4. The molecule has 7 heteroatoms. The van der Waals surface area contributed by atoms with Crippen LogP contribution in [0.25, 0.3) is 0 Å². The molecule has 1 aromatic rings. The number of hydrogen-bond donors (Lipinski definition) is 2. The van der Waals surface area contributed by atoms with Gasteiger partial charge in [0.1, 0.15) is 11.8 Å². The number of ether oxygens (including phenoxy) is 1. The molecule has 1 unspecified atom stereocenters. The minimum absolute atomic E-state index is 0.0810. The van der Waals surface area contributed by atoms with E-state index >= 15 is 0 Å². The van der Waals surface area contributed by atoms with E-state index in [1.54, 1.807) is 6.07 Å². The van der Waals surface area contributed by atoms with Crippen LogP contribution in [-0.4, -0.2) is 25.2 Å². The van der Waals surface area contributed by atoms with Crippen LogP contribution in [0, 0.1) is 0 Å². The van der Waals surface area contributed by atoms with Crippen molar-refractivity contribution in [3.63, 3.8) is 0 Å². The maximum Gasteiger partial charge on any atom is 0.422 e. The minimum atomic E-state index is -4.38. The van der Waals surface area contributed by atoms with E-state index in [2.05, 4.69) is 15.4 Å². The molecule has 0 aromatic heterocycles. The SMILES string of the molecule is CCCNC1C(=O)Nc2cc(OCC(F)(F)F)ccc21. The van der Waals surface area contributed by atoms with Gasteiger partial charge in [0.05, 0.1) is 0 Å². The summed E-state index contributed by atoms with van der Waals surface area (Å²) in [4.78, 5) is 11.8. The molecule has 0 spiro atoms. The second-order valence-corrected chi connectivity index (χ2v) is 4.53. The third-order valence-corrected chi connectivity index (χ3v) is 2.86. The Morgan fingerprint density at radius 1 is 1.40 bits per heavy atom. The average molecular weight is 288 g/mol. The first-order valence-corrected chi connectivity index (χ1v) is 6.28. The molecule has 1 aliphatic heterocycles. The van der Waals surface area contributed by atoms with Crippen molar-refractivity contribution in [2.75, 3.05) is 18.5 Å². The molecule has 0 fully saturated rings. The van der Waals surface area contributed by atoms with Crippen molar-refractivity contribution < 1.29 is 22.7 Å². The lowest BCUT2D eigenvalue weighted by Gasteiger charge is -2.12. The number of fused-ring (bicyclic) bond motifs is 1. The molecule has 1 atom stereocenters. The van der Waals surface area contributed by atoms with Gasteiger partial charge in [0.2, 0.25) is 5.91 Å². The van der Waals surface area contributed by atoms with E-state index in [0.29, 0.717) is 12.2 Å². The maximum absolute atomic E-state index is 12.1. The van der Waals surface area contributed by atoms with Gasteiger partial charge in [-0.15, -0.1) is 0 Å². The Hall–Kier alpha value is -1.76. The summed E-state index contributed by atoms with van der Waals surface area (Å²) in [5.41, 5.74) is 1.21. The van der Waals surface area contributed by atoms with Gasteiger partial charge in [0, 0.05) is 17.3 Å². The quantitative estimate of drug-likeness (QED) is 0.875. The first-order valence-electron chi connectivity index (χ1n) is 6.28. The second kappa shape index (κ2) is 5.70.